The Morgan fingerprint density at radius 3 is 1.72 bits per heavy atom. The molecule has 1 nitrogen and oxygen atoms in total. The van der Waals surface area contributed by atoms with Gasteiger partial charge in [0, 0.05) is 3.57 Å². The van der Waals surface area contributed by atoms with Crippen LogP contribution >= 0.6 is 22.6 Å². The van der Waals surface area contributed by atoms with E-state index in [2.05, 4.69) is 60.7 Å². The predicted molar refractivity (Wildman–Crippen MR) is 119 cm³/mol. The van der Waals surface area contributed by atoms with E-state index in [1.165, 1.54) is 67.8 Å². The van der Waals surface area contributed by atoms with Crippen LogP contribution in [0, 0.1) is 3.57 Å². The normalized spacial score (nSPS) is 11.8. The maximum Gasteiger partial charge on any atom is 0.0896 e. The first kappa shape index (κ1) is 23.0. The Balaban J connectivity index is 2.51. The molecule has 0 bridgehead atoms. The summed E-state index contributed by atoms with van der Waals surface area (Å²) in [7, 11) is 0. The van der Waals surface area contributed by atoms with Crippen molar-refractivity contribution in [2.45, 2.75) is 109 Å². The third-order valence-electron chi connectivity index (χ3n) is 5.25. The minimum atomic E-state index is -0.628. The molecule has 0 aliphatic carbocycles. The largest absolute Gasteiger partial charge is 0.385 e. The number of unbranched alkanes of at least 4 members (excludes halogenated alkanes) is 10. The van der Waals surface area contributed by atoms with E-state index in [1.54, 1.807) is 0 Å². The summed E-state index contributed by atoms with van der Waals surface area (Å²) in [5.41, 5.74) is 0.498. The summed E-state index contributed by atoms with van der Waals surface area (Å²) in [6.07, 6.45) is 17.2. The Morgan fingerprint density at radius 2 is 1.24 bits per heavy atom. The highest BCUT2D eigenvalue weighted by atomic mass is 127. The quantitative estimate of drug-likeness (QED) is 0.209. The minimum Gasteiger partial charge on any atom is -0.385 e. The second-order valence-electron chi connectivity index (χ2n) is 7.58. The molecule has 1 aromatic carbocycles. The van der Waals surface area contributed by atoms with Crippen LogP contribution in [0.25, 0.3) is 0 Å². The maximum atomic E-state index is 11.4. The fourth-order valence-corrected chi connectivity index (χ4v) is 4.13. The Labute approximate surface area is 170 Å². The molecule has 0 atom stereocenters. The minimum absolute atomic E-state index is 0.628. The van der Waals surface area contributed by atoms with Gasteiger partial charge in [0.05, 0.1) is 5.60 Å². The summed E-state index contributed by atoms with van der Waals surface area (Å²) < 4.78 is 1.22. The smallest absolute Gasteiger partial charge is 0.0896 e. The molecular weight excluding hydrogens is 419 g/mol. The Morgan fingerprint density at radius 1 is 0.760 bits per heavy atom. The average molecular weight is 458 g/mol. The van der Waals surface area contributed by atoms with Crippen LogP contribution in [0.15, 0.2) is 24.3 Å². The van der Waals surface area contributed by atoms with Gasteiger partial charge in [0.1, 0.15) is 0 Å². The van der Waals surface area contributed by atoms with E-state index < -0.39 is 5.60 Å². The molecule has 0 heterocycles. The van der Waals surface area contributed by atoms with Crippen molar-refractivity contribution in [3.05, 3.63) is 33.4 Å². The molecule has 0 spiro atoms. The molecule has 0 fully saturated rings. The van der Waals surface area contributed by atoms with Crippen LogP contribution in [0.1, 0.15) is 109 Å². The lowest BCUT2D eigenvalue weighted by molar-refractivity contribution is 0.0132. The highest BCUT2D eigenvalue weighted by Gasteiger charge is 2.28. The summed E-state index contributed by atoms with van der Waals surface area (Å²) in [5, 5.41) is 11.4. The molecule has 0 aliphatic rings. The van der Waals surface area contributed by atoms with E-state index in [0.29, 0.717) is 0 Å². The summed E-state index contributed by atoms with van der Waals surface area (Å²) >= 11 is 2.35. The van der Waals surface area contributed by atoms with E-state index in [0.717, 1.165) is 31.2 Å². The average Bonchev–Trinajstić information content (AvgIpc) is 2.61. The number of aliphatic hydroxyl groups is 1. The molecule has 1 rings (SSSR count). The Hall–Kier alpha value is -0.0900. The van der Waals surface area contributed by atoms with Gasteiger partial charge in [0.15, 0.2) is 0 Å². The molecule has 2 heteroatoms. The van der Waals surface area contributed by atoms with Gasteiger partial charge in [-0.2, -0.15) is 0 Å². The van der Waals surface area contributed by atoms with Gasteiger partial charge in [-0.3, -0.25) is 0 Å². The van der Waals surface area contributed by atoms with E-state index in [-0.39, 0.29) is 0 Å². The van der Waals surface area contributed by atoms with E-state index in [1.807, 2.05) is 0 Å². The molecular formula is C23H39IO. The SMILES string of the molecule is CCCCCCCCC(O)(CCCCCCCC)c1cccc(I)c1. The fraction of sp³-hybridized carbons (Fsp3) is 0.739. The van der Waals surface area contributed by atoms with Crippen molar-refractivity contribution in [3.8, 4) is 0 Å². The molecule has 1 N–H and O–H groups in total. The fourth-order valence-electron chi connectivity index (χ4n) is 3.59. The van der Waals surface area contributed by atoms with Gasteiger partial charge in [-0.15, -0.1) is 0 Å². The Kier molecular flexibility index (Phi) is 12.9. The van der Waals surface area contributed by atoms with Crippen molar-refractivity contribution in [1.29, 1.82) is 0 Å². The highest BCUT2D eigenvalue weighted by molar-refractivity contribution is 14.1. The zero-order valence-corrected chi connectivity index (χ0v) is 18.7. The van der Waals surface area contributed by atoms with Crippen molar-refractivity contribution >= 4 is 22.6 Å². The number of halogens is 1. The van der Waals surface area contributed by atoms with Crippen LogP contribution < -0.4 is 0 Å². The standard InChI is InChI=1S/C23H39IO/c1-3-5-7-9-11-13-18-23(25,19-14-12-10-8-6-4-2)21-16-15-17-22(24)20-21/h15-17,20,25H,3-14,18-19H2,1-2H3. The van der Waals surface area contributed by atoms with Gasteiger partial charge in [0.2, 0.25) is 0 Å². The topological polar surface area (TPSA) is 20.2 Å². The first-order valence-corrected chi connectivity index (χ1v) is 11.7. The summed E-state index contributed by atoms with van der Waals surface area (Å²) in [4.78, 5) is 0. The van der Waals surface area contributed by atoms with Gasteiger partial charge in [0.25, 0.3) is 0 Å². The molecule has 0 amide bonds. The van der Waals surface area contributed by atoms with Crippen molar-refractivity contribution in [3.63, 3.8) is 0 Å². The van der Waals surface area contributed by atoms with Gasteiger partial charge in [-0.1, -0.05) is 103 Å². The highest BCUT2D eigenvalue weighted by Crippen LogP contribution is 2.34. The van der Waals surface area contributed by atoms with Gasteiger partial charge in [-0.25, -0.2) is 0 Å². The molecule has 0 saturated heterocycles. The summed E-state index contributed by atoms with van der Waals surface area (Å²) in [6, 6.07) is 8.50. The van der Waals surface area contributed by atoms with Gasteiger partial charge < -0.3 is 5.11 Å². The van der Waals surface area contributed by atoms with Crippen LogP contribution in [0.2, 0.25) is 0 Å². The number of hydrogen-bond acceptors (Lipinski definition) is 1. The first-order chi connectivity index (χ1) is 12.1. The van der Waals surface area contributed by atoms with Crippen molar-refractivity contribution in [1.82, 2.24) is 0 Å². The van der Waals surface area contributed by atoms with Crippen LogP contribution in [-0.2, 0) is 5.60 Å². The van der Waals surface area contributed by atoms with Crippen LogP contribution in [0.3, 0.4) is 0 Å². The zero-order valence-electron chi connectivity index (χ0n) is 16.5. The lowest BCUT2D eigenvalue weighted by Gasteiger charge is -2.29. The van der Waals surface area contributed by atoms with Crippen molar-refractivity contribution < 1.29 is 5.11 Å². The number of benzene rings is 1. The van der Waals surface area contributed by atoms with Gasteiger partial charge in [-0.05, 0) is 53.1 Å². The molecule has 25 heavy (non-hydrogen) atoms. The summed E-state index contributed by atoms with van der Waals surface area (Å²) in [6.45, 7) is 4.52. The monoisotopic (exact) mass is 458 g/mol. The van der Waals surface area contributed by atoms with Gasteiger partial charge >= 0.3 is 0 Å². The molecule has 0 aliphatic heterocycles. The van der Waals surface area contributed by atoms with Crippen molar-refractivity contribution in [2.24, 2.45) is 0 Å². The number of hydrogen-bond donors (Lipinski definition) is 1. The lowest BCUT2D eigenvalue weighted by Crippen LogP contribution is -2.26. The third-order valence-corrected chi connectivity index (χ3v) is 5.92. The van der Waals surface area contributed by atoms with E-state index in [4.69, 9.17) is 0 Å². The van der Waals surface area contributed by atoms with Crippen LogP contribution in [0.5, 0.6) is 0 Å². The lowest BCUT2D eigenvalue weighted by atomic mass is 9.83. The summed E-state index contributed by atoms with van der Waals surface area (Å²) in [5.74, 6) is 0. The molecule has 1 aromatic rings. The molecule has 0 radical (unpaired) electrons. The number of rotatable bonds is 15. The van der Waals surface area contributed by atoms with Crippen LogP contribution in [0.4, 0.5) is 0 Å². The molecule has 0 unspecified atom stereocenters. The van der Waals surface area contributed by atoms with E-state index in [9.17, 15) is 5.11 Å². The second-order valence-corrected chi connectivity index (χ2v) is 8.82. The first-order valence-electron chi connectivity index (χ1n) is 10.6. The predicted octanol–water partition coefficient (Wildman–Crippen LogP) is 7.98. The van der Waals surface area contributed by atoms with Crippen LogP contribution in [-0.4, -0.2) is 5.11 Å². The Bertz CT molecular complexity index is 427. The second kappa shape index (κ2) is 14.0. The molecule has 0 saturated carbocycles. The zero-order chi connectivity index (χ0) is 18.4. The third kappa shape index (κ3) is 9.98. The van der Waals surface area contributed by atoms with E-state index >= 15 is 0 Å². The molecule has 0 aromatic heterocycles. The maximum absolute atomic E-state index is 11.4. The van der Waals surface area contributed by atoms with Crippen molar-refractivity contribution in [2.75, 3.05) is 0 Å². The molecule has 144 valence electrons.